The van der Waals surface area contributed by atoms with Gasteiger partial charge in [0.1, 0.15) is 0 Å². The first-order valence-electron chi connectivity index (χ1n) is 6.17. The lowest BCUT2D eigenvalue weighted by Crippen LogP contribution is -2.29. The standard InChI is InChI=1S/C15H10Cl2N2O2/c16-9-2-1-8(13(17)5-9)7-19-14(20)11-4-3-10(18)6-12(11)15(19)21/h1-6H,7,18H2. The molecule has 6 heteroatoms. The molecule has 0 unspecified atom stereocenters. The Morgan fingerprint density at radius 2 is 1.67 bits per heavy atom. The number of halogens is 2. The van der Waals surface area contributed by atoms with Crippen molar-refractivity contribution in [3.63, 3.8) is 0 Å². The highest BCUT2D eigenvalue weighted by Gasteiger charge is 2.35. The van der Waals surface area contributed by atoms with Gasteiger partial charge in [0.25, 0.3) is 11.8 Å². The molecule has 0 aromatic heterocycles. The molecule has 0 spiro atoms. The first-order valence-corrected chi connectivity index (χ1v) is 6.92. The zero-order valence-electron chi connectivity index (χ0n) is 10.8. The van der Waals surface area contributed by atoms with Crippen LogP contribution in [0.5, 0.6) is 0 Å². The van der Waals surface area contributed by atoms with Crippen molar-refractivity contribution in [2.75, 3.05) is 5.73 Å². The van der Waals surface area contributed by atoms with E-state index >= 15 is 0 Å². The number of anilines is 1. The molecule has 0 saturated heterocycles. The van der Waals surface area contributed by atoms with E-state index in [0.717, 1.165) is 4.90 Å². The molecule has 3 rings (SSSR count). The van der Waals surface area contributed by atoms with E-state index in [1.54, 1.807) is 30.3 Å². The van der Waals surface area contributed by atoms with Crippen LogP contribution in [0.3, 0.4) is 0 Å². The van der Waals surface area contributed by atoms with Gasteiger partial charge in [0.15, 0.2) is 0 Å². The van der Waals surface area contributed by atoms with E-state index in [0.29, 0.717) is 32.4 Å². The number of nitrogen functional groups attached to an aromatic ring is 1. The van der Waals surface area contributed by atoms with Crippen molar-refractivity contribution in [1.82, 2.24) is 4.90 Å². The Hall–Kier alpha value is -2.04. The maximum absolute atomic E-state index is 12.3. The summed E-state index contributed by atoms with van der Waals surface area (Å²) >= 11 is 11.9. The second kappa shape index (κ2) is 5.06. The molecule has 2 aromatic rings. The number of nitrogens with zero attached hydrogens (tertiary/aromatic N) is 1. The van der Waals surface area contributed by atoms with Crippen LogP contribution in [-0.4, -0.2) is 16.7 Å². The summed E-state index contributed by atoms with van der Waals surface area (Å²) in [5, 5.41) is 0.914. The molecule has 0 saturated carbocycles. The molecular formula is C15H10Cl2N2O2. The zero-order valence-corrected chi connectivity index (χ0v) is 12.3. The van der Waals surface area contributed by atoms with Gasteiger partial charge in [-0.1, -0.05) is 29.3 Å². The second-order valence-corrected chi connectivity index (χ2v) is 5.58. The molecule has 21 heavy (non-hydrogen) atoms. The van der Waals surface area contributed by atoms with Crippen molar-refractivity contribution in [3.8, 4) is 0 Å². The van der Waals surface area contributed by atoms with E-state index < -0.39 is 0 Å². The molecule has 0 aliphatic carbocycles. The molecule has 0 atom stereocenters. The predicted octanol–water partition coefficient (Wildman–Crippen LogP) is 3.37. The molecule has 0 fully saturated rings. The molecule has 0 bridgehead atoms. The van der Waals surface area contributed by atoms with Crippen molar-refractivity contribution in [2.24, 2.45) is 0 Å². The number of fused-ring (bicyclic) bond motifs is 1. The minimum Gasteiger partial charge on any atom is -0.399 e. The number of imide groups is 1. The maximum atomic E-state index is 12.3. The van der Waals surface area contributed by atoms with E-state index in [1.165, 1.54) is 6.07 Å². The number of benzene rings is 2. The second-order valence-electron chi connectivity index (χ2n) is 4.74. The SMILES string of the molecule is Nc1ccc2c(c1)C(=O)N(Cc1ccc(Cl)cc1Cl)C2=O. The van der Waals surface area contributed by atoms with E-state index in [-0.39, 0.29) is 18.4 Å². The molecule has 1 aliphatic rings. The first-order chi connectivity index (χ1) is 9.97. The fourth-order valence-corrected chi connectivity index (χ4v) is 2.74. The van der Waals surface area contributed by atoms with Gasteiger partial charge in [-0.05, 0) is 35.9 Å². The fourth-order valence-electron chi connectivity index (χ4n) is 2.27. The summed E-state index contributed by atoms with van der Waals surface area (Å²) in [6.45, 7) is 0.0995. The van der Waals surface area contributed by atoms with Crippen LogP contribution in [0, 0.1) is 0 Å². The van der Waals surface area contributed by atoms with Gasteiger partial charge in [0.05, 0.1) is 17.7 Å². The quantitative estimate of drug-likeness (QED) is 0.681. The van der Waals surface area contributed by atoms with Gasteiger partial charge >= 0.3 is 0 Å². The molecule has 2 N–H and O–H groups in total. The van der Waals surface area contributed by atoms with Crippen molar-refractivity contribution in [3.05, 3.63) is 63.1 Å². The topological polar surface area (TPSA) is 63.4 Å². The van der Waals surface area contributed by atoms with Crippen LogP contribution in [0.2, 0.25) is 10.0 Å². The number of carbonyl (C=O) groups is 2. The third-order valence-corrected chi connectivity index (χ3v) is 3.93. The Morgan fingerprint density at radius 1 is 0.952 bits per heavy atom. The van der Waals surface area contributed by atoms with Gasteiger partial charge in [0.2, 0.25) is 0 Å². The Bertz CT molecular complexity index is 774. The van der Waals surface area contributed by atoms with E-state index in [1.807, 2.05) is 0 Å². The predicted molar refractivity (Wildman–Crippen MR) is 81.5 cm³/mol. The molecule has 0 radical (unpaired) electrons. The zero-order chi connectivity index (χ0) is 15.1. The lowest BCUT2D eigenvalue weighted by Gasteiger charge is -2.14. The summed E-state index contributed by atoms with van der Waals surface area (Å²) in [4.78, 5) is 25.8. The lowest BCUT2D eigenvalue weighted by atomic mass is 10.1. The van der Waals surface area contributed by atoms with Gasteiger partial charge in [-0.25, -0.2) is 0 Å². The highest BCUT2D eigenvalue weighted by Crippen LogP contribution is 2.28. The minimum atomic E-state index is -0.367. The van der Waals surface area contributed by atoms with E-state index in [4.69, 9.17) is 28.9 Å². The van der Waals surface area contributed by atoms with Crippen molar-refractivity contribution in [1.29, 1.82) is 0 Å². The Morgan fingerprint density at radius 3 is 2.38 bits per heavy atom. The average Bonchev–Trinajstić information content (AvgIpc) is 2.66. The van der Waals surface area contributed by atoms with Crippen LogP contribution in [0.15, 0.2) is 36.4 Å². The Kier molecular flexibility index (Phi) is 3.35. The minimum absolute atomic E-state index is 0.0995. The van der Waals surface area contributed by atoms with Crippen LogP contribution < -0.4 is 5.73 Å². The number of hydrogen-bond donors (Lipinski definition) is 1. The number of rotatable bonds is 2. The third kappa shape index (κ3) is 2.37. The maximum Gasteiger partial charge on any atom is 0.261 e. The lowest BCUT2D eigenvalue weighted by molar-refractivity contribution is 0.0642. The van der Waals surface area contributed by atoms with Crippen LogP contribution in [0.4, 0.5) is 5.69 Å². The highest BCUT2D eigenvalue weighted by atomic mass is 35.5. The normalized spacial score (nSPS) is 13.7. The summed E-state index contributed by atoms with van der Waals surface area (Å²) in [6.07, 6.45) is 0. The van der Waals surface area contributed by atoms with Crippen molar-refractivity contribution >= 4 is 40.7 Å². The average molecular weight is 321 g/mol. The fraction of sp³-hybridized carbons (Fsp3) is 0.0667. The number of nitrogens with two attached hydrogens (primary N) is 1. The monoisotopic (exact) mass is 320 g/mol. The molecule has 1 aliphatic heterocycles. The van der Waals surface area contributed by atoms with Crippen LogP contribution in [-0.2, 0) is 6.54 Å². The Labute approximate surface area is 131 Å². The molecule has 2 aromatic carbocycles. The van der Waals surface area contributed by atoms with E-state index in [9.17, 15) is 9.59 Å². The number of hydrogen-bond acceptors (Lipinski definition) is 3. The van der Waals surface area contributed by atoms with Crippen molar-refractivity contribution < 1.29 is 9.59 Å². The summed E-state index contributed by atoms with van der Waals surface area (Å²) in [5.41, 5.74) is 7.45. The first kappa shape index (κ1) is 13.9. The van der Waals surface area contributed by atoms with Gasteiger partial charge in [0, 0.05) is 15.7 Å². The smallest absolute Gasteiger partial charge is 0.261 e. The summed E-state index contributed by atoms with van der Waals surface area (Å²) < 4.78 is 0. The number of carbonyl (C=O) groups excluding carboxylic acids is 2. The van der Waals surface area contributed by atoms with Gasteiger partial charge in [-0.2, -0.15) is 0 Å². The molecular weight excluding hydrogens is 311 g/mol. The van der Waals surface area contributed by atoms with Crippen LogP contribution in [0.25, 0.3) is 0 Å². The van der Waals surface area contributed by atoms with Crippen molar-refractivity contribution in [2.45, 2.75) is 6.54 Å². The molecule has 2 amide bonds. The third-order valence-electron chi connectivity index (χ3n) is 3.34. The largest absolute Gasteiger partial charge is 0.399 e. The summed E-state index contributed by atoms with van der Waals surface area (Å²) in [6, 6.07) is 9.62. The molecule has 106 valence electrons. The van der Waals surface area contributed by atoms with Crippen LogP contribution >= 0.6 is 23.2 Å². The molecule has 1 heterocycles. The highest BCUT2D eigenvalue weighted by molar-refractivity contribution is 6.35. The van der Waals surface area contributed by atoms with Gasteiger partial charge in [-0.15, -0.1) is 0 Å². The number of amides is 2. The summed E-state index contributed by atoms with van der Waals surface area (Å²) in [7, 11) is 0. The van der Waals surface area contributed by atoms with Gasteiger partial charge < -0.3 is 5.73 Å². The van der Waals surface area contributed by atoms with Crippen LogP contribution in [0.1, 0.15) is 26.3 Å². The van der Waals surface area contributed by atoms with E-state index in [2.05, 4.69) is 0 Å². The van der Waals surface area contributed by atoms with Gasteiger partial charge in [-0.3, -0.25) is 14.5 Å². The Balaban J connectivity index is 1.95. The molecule has 4 nitrogen and oxygen atoms in total. The summed E-state index contributed by atoms with van der Waals surface area (Å²) in [5.74, 6) is -0.714.